The first kappa shape index (κ1) is 26.7. The summed E-state index contributed by atoms with van der Waals surface area (Å²) in [4.78, 5) is 12.6. The van der Waals surface area contributed by atoms with Crippen molar-refractivity contribution in [2.75, 3.05) is 25.2 Å². The van der Waals surface area contributed by atoms with Crippen molar-refractivity contribution in [3.05, 3.63) is 35.7 Å². The first-order valence-corrected chi connectivity index (χ1v) is 13.7. The Bertz CT molecular complexity index is 1350. The van der Waals surface area contributed by atoms with Gasteiger partial charge in [-0.1, -0.05) is 0 Å². The molecule has 2 aliphatic heterocycles. The molecule has 2 saturated heterocycles. The summed E-state index contributed by atoms with van der Waals surface area (Å²) in [5.74, 6) is 7.58. The third-order valence-electron chi connectivity index (χ3n) is 8.22. The van der Waals surface area contributed by atoms with Gasteiger partial charge in [0.25, 0.3) is 0 Å². The summed E-state index contributed by atoms with van der Waals surface area (Å²) in [5, 5.41) is 13.2. The smallest absolute Gasteiger partial charge is 0.145 e. The highest BCUT2D eigenvalue weighted by atomic mass is 16.5. The lowest BCUT2D eigenvalue weighted by atomic mass is 9.78. The number of hydrazine groups is 1. The van der Waals surface area contributed by atoms with Crippen LogP contribution in [-0.4, -0.2) is 62.1 Å². The van der Waals surface area contributed by atoms with Crippen LogP contribution in [0.25, 0.3) is 27.8 Å². The summed E-state index contributed by atoms with van der Waals surface area (Å²) >= 11 is 0. The van der Waals surface area contributed by atoms with Crippen LogP contribution in [0.2, 0.25) is 0 Å². The van der Waals surface area contributed by atoms with Crippen LogP contribution < -0.4 is 16.5 Å². The van der Waals surface area contributed by atoms with Crippen molar-refractivity contribution >= 4 is 33.6 Å². The summed E-state index contributed by atoms with van der Waals surface area (Å²) in [5.41, 5.74) is 10.9. The van der Waals surface area contributed by atoms with Crippen LogP contribution in [0.3, 0.4) is 0 Å². The zero-order valence-corrected chi connectivity index (χ0v) is 23.7. The summed E-state index contributed by atoms with van der Waals surface area (Å²) < 4.78 is 7.98. The molecule has 3 aromatic heterocycles. The molecule has 5 heterocycles. The normalized spacial score (nSPS) is 21.2. The van der Waals surface area contributed by atoms with Crippen LogP contribution in [0.5, 0.6) is 0 Å². The van der Waals surface area contributed by atoms with E-state index >= 15 is 0 Å². The molecule has 0 saturated carbocycles. The van der Waals surface area contributed by atoms with Gasteiger partial charge in [0.2, 0.25) is 0 Å². The van der Waals surface area contributed by atoms with E-state index in [1.165, 1.54) is 0 Å². The Balaban J connectivity index is 1.71. The maximum atomic E-state index is 10.6. The number of ether oxygens (including phenoxy) is 1. The van der Waals surface area contributed by atoms with Gasteiger partial charge in [-0.15, -0.1) is 0 Å². The fraction of sp³-hybridized carbons (Fsp3) is 0.586. The third-order valence-corrected chi connectivity index (χ3v) is 8.22. The average Bonchev–Trinajstić information content (AvgIpc) is 3.10. The number of rotatable bonds is 5. The van der Waals surface area contributed by atoms with E-state index in [2.05, 4.69) is 55.4 Å². The molecule has 0 atom stereocenters. The second kappa shape index (κ2) is 9.70. The Labute approximate surface area is 225 Å². The number of anilines is 1. The van der Waals surface area contributed by atoms with Gasteiger partial charge < -0.3 is 30.1 Å². The van der Waals surface area contributed by atoms with E-state index in [4.69, 9.17) is 26.3 Å². The lowest BCUT2D eigenvalue weighted by molar-refractivity contribution is 0.0617. The molecule has 0 aliphatic carbocycles. The highest BCUT2D eigenvalue weighted by Gasteiger charge is 2.45. The molecule has 2 aliphatic rings. The van der Waals surface area contributed by atoms with Gasteiger partial charge >= 0.3 is 0 Å². The summed E-state index contributed by atoms with van der Waals surface area (Å²) in [6.07, 6.45) is 4.98. The first-order valence-electron chi connectivity index (χ1n) is 13.7. The molecule has 5 N–H and O–H groups in total. The van der Waals surface area contributed by atoms with Crippen LogP contribution in [0, 0.1) is 5.92 Å². The second-order valence-corrected chi connectivity index (χ2v) is 12.5. The fourth-order valence-corrected chi connectivity index (χ4v) is 6.99. The van der Waals surface area contributed by atoms with Crippen molar-refractivity contribution in [1.82, 2.24) is 19.5 Å². The highest BCUT2D eigenvalue weighted by Crippen LogP contribution is 2.42. The quantitative estimate of drug-likeness (QED) is 0.341. The number of aromatic nitrogens is 3. The Morgan fingerprint density at radius 3 is 2.42 bits per heavy atom. The molecular formula is C29H43N7O2. The molecule has 206 valence electrons. The molecule has 3 aromatic rings. The van der Waals surface area contributed by atoms with Gasteiger partial charge in [-0.25, -0.2) is 10.8 Å². The number of hydrogen-bond acceptors (Lipinski definition) is 8. The van der Waals surface area contributed by atoms with Gasteiger partial charge in [-0.05, 0) is 84.4 Å². The predicted octanol–water partition coefficient (Wildman–Crippen LogP) is 3.98. The lowest BCUT2D eigenvalue weighted by Gasteiger charge is -2.55. The number of nitrogens with zero attached hydrogens (tertiary/aromatic N) is 5. The Morgan fingerprint density at radius 2 is 1.82 bits per heavy atom. The Hall–Kier alpha value is -2.88. The van der Waals surface area contributed by atoms with Crippen molar-refractivity contribution < 1.29 is 9.84 Å². The minimum Gasteiger partial charge on any atom is -0.401 e. The van der Waals surface area contributed by atoms with E-state index in [-0.39, 0.29) is 17.2 Å². The molecule has 9 heteroatoms. The third kappa shape index (κ3) is 4.72. The first-order chi connectivity index (χ1) is 17.9. The van der Waals surface area contributed by atoms with Crippen molar-refractivity contribution in [2.45, 2.75) is 84.0 Å². The largest absolute Gasteiger partial charge is 0.401 e. The van der Waals surface area contributed by atoms with Crippen molar-refractivity contribution in [2.24, 2.45) is 17.5 Å². The summed E-state index contributed by atoms with van der Waals surface area (Å²) in [6.45, 7) is 13.1. The molecule has 0 spiro atoms. The van der Waals surface area contributed by atoms with Crippen LogP contribution in [0.15, 0.2) is 30.1 Å². The average molecular weight is 522 g/mol. The Kier molecular flexibility index (Phi) is 6.82. The van der Waals surface area contributed by atoms with E-state index in [9.17, 15) is 5.11 Å². The van der Waals surface area contributed by atoms with Gasteiger partial charge in [0.1, 0.15) is 11.5 Å². The zero-order chi connectivity index (χ0) is 27.4. The molecule has 0 bridgehead atoms. The molecule has 38 heavy (non-hydrogen) atoms. The maximum absolute atomic E-state index is 10.6. The van der Waals surface area contributed by atoms with E-state index in [0.717, 1.165) is 71.7 Å². The van der Waals surface area contributed by atoms with Crippen molar-refractivity contribution in [3.63, 3.8) is 0 Å². The number of aliphatic hydroxyl groups excluding tert-OH is 1. The predicted molar refractivity (Wildman–Crippen MR) is 153 cm³/mol. The van der Waals surface area contributed by atoms with Gasteiger partial charge in [0.15, 0.2) is 0 Å². The number of piperidine rings is 1. The molecular weight excluding hydrogens is 478 g/mol. The van der Waals surface area contributed by atoms with E-state index < -0.39 is 0 Å². The van der Waals surface area contributed by atoms with Gasteiger partial charge in [0, 0.05) is 60.7 Å². The topological polar surface area (TPSA) is 119 Å². The SMILES string of the molecule is C/C(N)=C(\c1cnc2c3ccc(N4C(C)(C)CC(O)CC4(C)C)nc3n(CC3CCOCC3)c2c1)N(C)N. The number of hydrogen-bond donors (Lipinski definition) is 3. The number of fused-ring (bicyclic) bond motifs is 3. The molecule has 0 unspecified atom stereocenters. The zero-order valence-electron chi connectivity index (χ0n) is 23.7. The molecule has 5 rings (SSSR count). The highest BCUT2D eigenvalue weighted by molar-refractivity contribution is 6.05. The van der Waals surface area contributed by atoms with Crippen LogP contribution in [0.1, 0.15) is 65.9 Å². The standard InChI is InChI=1S/C29H43N7O2/c1-18(30)26(34(6)31)20-13-23-25(32-16-20)22-7-8-24(36-28(2,3)14-21(37)15-29(36,4)5)33-27(22)35(23)17-19-9-11-38-12-10-19/h7-8,13,16,19,21,37H,9-12,14-15,17,30-31H2,1-6H3/b26-18-. The number of aliphatic hydroxyl groups is 1. The second-order valence-electron chi connectivity index (χ2n) is 12.5. The summed E-state index contributed by atoms with van der Waals surface area (Å²) in [7, 11) is 1.79. The maximum Gasteiger partial charge on any atom is 0.145 e. The lowest BCUT2D eigenvalue weighted by Crippen LogP contribution is -2.62. The monoisotopic (exact) mass is 521 g/mol. The molecule has 0 radical (unpaired) electrons. The number of pyridine rings is 2. The summed E-state index contributed by atoms with van der Waals surface area (Å²) in [6, 6.07) is 6.41. The Morgan fingerprint density at radius 1 is 1.16 bits per heavy atom. The van der Waals surface area contributed by atoms with E-state index in [0.29, 0.717) is 24.5 Å². The number of allylic oxidation sites excluding steroid dienone is 1. The van der Waals surface area contributed by atoms with Crippen LogP contribution >= 0.6 is 0 Å². The fourth-order valence-electron chi connectivity index (χ4n) is 6.99. The number of nitrogens with two attached hydrogens (primary N) is 2. The molecule has 2 fully saturated rings. The minimum absolute atomic E-state index is 0.241. The van der Waals surface area contributed by atoms with Crippen molar-refractivity contribution in [1.29, 1.82) is 0 Å². The minimum atomic E-state index is -0.323. The van der Waals surface area contributed by atoms with E-state index in [1.54, 1.807) is 12.1 Å². The van der Waals surface area contributed by atoms with Crippen LogP contribution in [-0.2, 0) is 11.3 Å². The van der Waals surface area contributed by atoms with E-state index in [1.807, 2.05) is 13.1 Å². The van der Waals surface area contributed by atoms with Crippen LogP contribution in [0.4, 0.5) is 5.82 Å². The van der Waals surface area contributed by atoms with Gasteiger partial charge in [-0.3, -0.25) is 4.98 Å². The molecule has 0 amide bonds. The molecule has 0 aromatic carbocycles. The van der Waals surface area contributed by atoms with Crippen molar-refractivity contribution in [3.8, 4) is 0 Å². The van der Waals surface area contributed by atoms with Gasteiger partial charge in [-0.2, -0.15) is 0 Å². The molecule has 9 nitrogen and oxygen atoms in total. The van der Waals surface area contributed by atoms with Gasteiger partial charge in [0.05, 0.1) is 22.8 Å².